The number of rotatable bonds is 4. The van der Waals surface area contributed by atoms with Crippen LogP contribution >= 0.6 is 15.9 Å². The molecule has 0 bridgehead atoms. The van der Waals surface area contributed by atoms with Gasteiger partial charge in [-0.1, -0.05) is 12.1 Å². The summed E-state index contributed by atoms with van der Waals surface area (Å²) in [4.78, 5) is 36.1. The van der Waals surface area contributed by atoms with Crippen molar-refractivity contribution in [1.82, 2.24) is 9.88 Å². The van der Waals surface area contributed by atoms with E-state index in [9.17, 15) is 9.59 Å². The van der Waals surface area contributed by atoms with E-state index in [4.69, 9.17) is 4.42 Å². The molecule has 0 amide bonds. The number of aromatic nitrogens is 1. The maximum absolute atomic E-state index is 12.7. The lowest BCUT2D eigenvalue weighted by Crippen LogP contribution is -2.28. The molecule has 1 saturated heterocycles. The van der Waals surface area contributed by atoms with Gasteiger partial charge >= 0.3 is 0 Å². The highest BCUT2D eigenvalue weighted by Gasteiger charge is 2.35. The van der Waals surface area contributed by atoms with E-state index in [-0.39, 0.29) is 41.0 Å². The summed E-state index contributed by atoms with van der Waals surface area (Å²) < 4.78 is 6.40. The number of nitrogens with zero attached hydrogens (tertiary/aromatic N) is 3. The molecule has 1 aliphatic heterocycles. The maximum atomic E-state index is 12.7. The standard InChI is InChI=1S/C19H18BrN3O3/c20-13-6-2-1-5-12(13)19-22-16-17(25)14(11-15(24)18(16)26-19)21-7-10-23-8-3-4-9-23/h1-2,5-6H,3-4,7-11H2. The monoisotopic (exact) mass is 415 g/mol. The van der Waals surface area contributed by atoms with Crippen molar-refractivity contribution in [3.8, 4) is 11.5 Å². The smallest absolute Gasteiger partial charge is 0.229 e. The molecule has 2 aliphatic rings. The Morgan fingerprint density at radius 2 is 1.96 bits per heavy atom. The molecule has 2 heterocycles. The lowest BCUT2D eigenvalue weighted by molar-refractivity contribution is 0.0940. The van der Waals surface area contributed by atoms with Gasteiger partial charge in [-0.05, 0) is 54.0 Å². The zero-order valence-electron chi connectivity index (χ0n) is 14.2. The summed E-state index contributed by atoms with van der Waals surface area (Å²) in [5, 5.41) is 0. The van der Waals surface area contributed by atoms with Crippen LogP contribution in [0, 0.1) is 0 Å². The van der Waals surface area contributed by atoms with Crippen molar-refractivity contribution in [1.29, 1.82) is 0 Å². The summed E-state index contributed by atoms with van der Waals surface area (Å²) in [6.45, 7) is 3.51. The summed E-state index contributed by atoms with van der Waals surface area (Å²) in [5.41, 5.74) is 1.07. The number of carbonyl (C=O) groups excluding carboxylic acids is 2. The quantitative estimate of drug-likeness (QED) is 0.764. The van der Waals surface area contributed by atoms with Gasteiger partial charge in [0.15, 0.2) is 5.69 Å². The zero-order chi connectivity index (χ0) is 18.1. The predicted molar refractivity (Wildman–Crippen MR) is 101 cm³/mol. The first kappa shape index (κ1) is 17.3. The van der Waals surface area contributed by atoms with Crippen molar-refractivity contribution >= 4 is 33.2 Å². The van der Waals surface area contributed by atoms with Crippen molar-refractivity contribution < 1.29 is 14.0 Å². The predicted octanol–water partition coefficient (Wildman–Crippen LogP) is 3.41. The highest BCUT2D eigenvalue weighted by molar-refractivity contribution is 9.10. The van der Waals surface area contributed by atoms with Crippen LogP contribution < -0.4 is 0 Å². The Morgan fingerprint density at radius 1 is 1.19 bits per heavy atom. The average Bonchev–Trinajstić information content (AvgIpc) is 3.29. The van der Waals surface area contributed by atoms with Crippen LogP contribution in [0.25, 0.3) is 11.5 Å². The molecular weight excluding hydrogens is 398 g/mol. The Bertz CT molecular complexity index is 897. The van der Waals surface area contributed by atoms with Crippen LogP contribution in [0.15, 0.2) is 38.1 Å². The maximum Gasteiger partial charge on any atom is 0.229 e. The normalized spacial score (nSPS) is 19.3. The molecule has 6 nitrogen and oxygen atoms in total. The van der Waals surface area contributed by atoms with Gasteiger partial charge in [-0.15, -0.1) is 0 Å². The van der Waals surface area contributed by atoms with Crippen molar-refractivity contribution in [3.63, 3.8) is 0 Å². The summed E-state index contributed by atoms with van der Waals surface area (Å²) in [6.07, 6.45) is 2.42. The molecule has 2 aromatic rings. The fourth-order valence-corrected chi connectivity index (χ4v) is 3.78. The Balaban J connectivity index is 1.57. The SMILES string of the molecule is O=C1C(=NCCN2CCCC2)CC(=O)c2oc(-c3ccccc3Br)nc21. The van der Waals surface area contributed by atoms with Crippen LogP contribution in [-0.4, -0.2) is 53.3 Å². The first-order chi connectivity index (χ1) is 12.6. The third-order valence-corrected chi connectivity index (χ3v) is 5.40. The number of oxazole rings is 1. The molecule has 0 unspecified atom stereocenters. The summed E-state index contributed by atoms with van der Waals surface area (Å²) >= 11 is 3.44. The van der Waals surface area contributed by atoms with Gasteiger partial charge in [0.2, 0.25) is 23.2 Å². The van der Waals surface area contributed by atoms with Gasteiger partial charge in [-0.3, -0.25) is 14.6 Å². The molecule has 1 aromatic heterocycles. The Labute approximate surface area is 159 Å². The molecule has 134 valence electrons. The van der Waals surface area contributed by atoms with E-state index in [0.717, 1.165) is 24.1 Å². The largest absolute Gasteiger partial charge is 0.432 e. The Kier molecular flexibility index (Phi) is 4.82. The number of fused-ring (bicyclic) bond motifs is 1. The molecule has 0 radical (unpaired) electrons. The van der Waals surface area contributed by atoms with Gasteiger partial charge in [0.05, 0.1) is 24.2 Å². The number of Topliss-reactive ketones (excluding diaryl/α,β-unsaturated/α-hetero) is 2. The van der Waals surface area contributed by atoms with Gasteiger partial charge < -0.3 is 9.32 Å². The summed E-state index contributed by atoms with van der Waals surface area (Å²) in [7, 11) is 0. The fourth-order valence-electron chi connectivity index (χ4n) is 3.32. The van der Waals surface area contributed by atoms with Crippen molar-refractivity contribution in [2.45, 2.75) is 19.3 Å². The van der Waals surface area contributed by atoms with Crippen molar-refractivity contribution in [2.75, 3.05) is 26.2 Å². The van der Waals surface area contributed by atoms with E-state index in [1.807, 2.05) is 24.3 Å². The number of halogens is 1. The van der Waals surface area contributed by atoms with E-state index in [1.165, 1.54) is 12.8 Å². The molecule has 0 N–H and O–H groups in total. The highest BCUT2D eigenvalue weighted by Crippen LogP contribution is 2.31. The topological polar surface area (TPSA) is 75.8 Å². The summed E-state index contributed by atoms with van der Waals surface area (Å²) in [6, 6.07) is 7.39. The Hall–Kier alpha value is -2.12. The van der Waals surface area contributed by atoms with Gasteiger partial charge in [-0.25, -0.2) is 4.98 Å². The van der Waals surface area contributed by atoms with Crippen LogP contribution in [0.4, 0.5) is 0 Å². The third-order valence-electron chi connectivity index (χ3n) is 4.71. The minimum Gasteiger partial charge on any atom is -0.432 e. The number of hydrogen-bond donors (Lipinski definition) is 0. The van der Waals surface area contributed by atoms with Gasteiger partial charge in [0.1, 0.15) is 0 Å². The van der Waals surface area contributed by atoms with E-state index in [2.05, 4.69) is 30.8 Å². The highest BCUT2D eigenvalue weighted by atomic mass is 79.9. The number of benzene rings is 1. The van der Waals surface area contributed by atoms with Crippen LogP contribution in [0.3, 0.4) is 0 Å². The van der Waals surface area contributed by atoms with Gasteiger partial charge in [-0.2, -0.15) is 0 Å². The van der Waals surface area contributed by atoms with E-state index >= 15 is 0 Å². The number of carbonyl (C=O) groups is 2. The first-order valence-electron chi connectivity index (χ1n) is 8.73. The molecule has 0 atom stereocenters. The first-order valence-corrected chi connectivity index (χ1v) is 9.52. The second kappa shape index (κ2) is 7.25. The number of aliphatic imine (C=N–C) groups is 1. The molecule has 1 aromatic carbocycles. The lowest BCUT2D eigenvalue weighted by atomic mass is 9.97. The average molecular weight is 416 g/mol. The third kappa shape index (κ3) is 3.29. The summed E-state index contributed by atoms with van der Waals surface area (Å²) in [5.74, 6) is -0.241. The number of ketones is 2. The molecule has 1 fully saturated rings. The molecular formula is C19H18BrN3O3. The second-order valence-corrected chi connectivity index (χ2v) is 7.34. The van der Waals surface area contributed by atoms with Gasteiger partial charge in [0, 0.05) is 11.0 Å². The van der Waals surface area contributed by atoms with Crippen LogP contribution in [0.5, 0.6) is 0 Å². The number of hydrogen-bond acceptors (Lipinski definition) is 6. The van der Waals surface area contributed by atoms with E-state index < -0.39 is 0 Å². The van der Waals surface area contributed by atoms with Crippen LogP contribution in [0.1, 0.15) is 40.3 Å². The molecule has 4 rings (SSSR count). The minimum atomic E-state index is -0.303. The molecule has 0 saturated carbocycles. The van der Waals surface area contributed by atoms with Crippen LogP contribution in [0.2, 0.25) is 0 Å². The minimum absolute atomic E-state index is 0.0174. The van der Waals surface area contributed by atoms with Crippen molar-refractivity contribution in [2.24, 2.45) is 4.99 Å². The fraction of sp³-hybridized carbons (Fsp3) is 0.368. The molecule has 1 aliphatic carbocycles. The number of likely N-dealkylation sites (tertiary alicyclic amines) is 1. The van der Waals surface area contributed by atoms with Gasteiger partial charge in [0.25, 0.3) is 0 Å². The lowest BCUT2D eigenvalue weighted by Gasteiger charge is -2.13. The molecule has 0 spiro atoms. The van der Waals surface area contributed by atoms with Crippen LogP contribution in [-0.2, 0) is 0 Å². The molecule has 26 heavy (non-hydrogen) atoms. The Morgan fingerprint density at radius 3 is 2.73 bits per heavy atom. The zero-order valence-corrected chi connectivity index (χ0v) is 15.8. The van der Waals surface area contributed by atoms with Crippen molar-refractivity contribution in [3.05, 3.63) is 40.2 Å². The van der Waals surface area contributed by atoms with E-state index in [0.29, 0.717) is 12.1 Å². The van der Waals surface area contributed by atoms with E-state index in [1.54, 1.807) is 0 Å². The molecule has 7 heteroatoms. The second-order valence-electron chi connectivity index (χ2n) is 6.48.